The lowest BCUT2D eigenvalue weighted by Gasteiger charge is -2.45. The average molecular weight is 285 g/mol. The minimum atomic E-state index is -0.811. The highest BCUT2D eigenvalue weighted by molar-refractivity contribution is 5.85. The molecule has 1 unspecified atom stereocenters. The molecule has 0 bridgehead atoms. The van der Waals surface area contributed by atoms with Crippen molar-refractivity contribution >= 4 is 18.5 Å². The van der Waals surface area contributed by atoms with Crippen molar-refractivity contribution in [3.8, 4) is 0 Å². The Balaban J connectivity index is 0.00000180. The fraction of sp³-hybridized carbons (Fsp3) is 0.500. The number of piperazine rings is 1. The summed E-state index contributed by atoms with van der Waals surface area (Å²) in [5.74, 6) is 0. The van der Waals surface area contributed by atoms with Crippen LogP contribution in [0.3, 0.4) is 0 Å². The van der Waals surface area contributed by atoms with E-state index in [9.17, 15) is 9.90 Å². The van der Waals surface area contributed by atoms with Crippen molar-refractivity contribution < 1.29 is 9.90 Å². The summed E-state index contributed by atoms with van der Waals surface area (Å²) in [5, 5.41) is 12.7. The Labute approximate surface area is 120 Å². The molecule has 2 rings (SSSR count). The van der Waals surface area contributed by atoms with Crippen molar-refractivity contribution in [2.45, 2.75) is 25.3 Å². The van der Waals surface area contributed by atoms with Gasteiger partial charge in [0.25, 0.3) is 0 Å². The first-order chi connectivity index (χ1) is 8.68. The van der Waals surface area contributed by atoms with Crippen LogP contribution in [0.1, 0.15) is 18.9 Å². The Hall–Kier alpha value is -1.26. The Morgan fingerprint density at radius 2 is 2.11 bits per heavy atom. The van der Waals surface area contributed by atoms with E-state index < -0.39 is 6.09 Å². The molecular weight excluding hydrogens is 264 g/mol. The molecule has 0 aromatic heterocycles. The van der Waals surface area contributed by atoms with Crippen LogP contribution in [0.5, 0.6) is 0 Å². The number of hydrogen-bond donors (Lipinski definition) is 2. The van der Waals surface area contributed by atoms with Gasteiger partial charge in [-0.05, 0) is 18.4 Å². The van der Waals surface area contributed by atoms with Crippen LogP contribution in [-0.4, -0.2) is 41.3 Å². The molecule has 4 nitrogen and oxygen atoms in total. The highest BCUT2D eigenvalue weighted by Gasteiger charge is 2.40. The van der Waals surface area contributed by atoms with Gasteiger partial charge >= 0.3 is 6.09 Å². The van der Waals surface area contributed by atoms with Crippen LogP contribution in [0.2, 0.25) is 0 Å². The van der Waals surface area contributed by atoms with Crippen LogP contribution in [0.4, 0.5) is 4.79 Å². The molecule has 19 heavy (non-hydrogen) atoms. The minimum absolute atomic E-state index is 0. The Morgan fingerprint density at radius 1 is 1.42 bits per heavy atom. The molecular formula is C14H21ClN2O2. The van der Waals surface area contributed by atoms with Gasteiger partial charge in [0.2, 0.25) is 0 Å². The molecule has 0 radical (unpaired) electrons. The lowest BCUT2D eigenvalue weighted by molar-refractivity contribution is 0.0536. The van der Waals surface area contributed by atoms with Crippen LogP contribution in [0, 0.1) is 0 Å². The van der Waals surface area contributed by atoms with Gasteiger partial charge in [-0.25, -0.2) is 4.79 Å². The van der Waals surface area contributed by atoms with E-state index in [4.69, 9.17) is 0 Å². The molecule has 0 spiro atoms. The largest absolute Gasteiger partial charge is 0.465 e. The molecule has 1 aromatic rings. The van der Waals surface area contributed by atoms with E-state index in [1.165, 1.54) is 5.56 Å². The quantitative estimate of drug-likeness (QED) is 0.896. The highest BCUT2D eigenvalue weighted by Crippen LogP contribution is 2.26. The first kappa shape index (κ1) is 15.8. The SMILES string of the molecule is CCC1(Cc2ccccc2)CNCCN1C(=O)O.Cl. The third-order valence-corrected chi connectivity index (χ3v) is 3.80. The van der Waals surface area contributed by atoms with Crippen molar-refractivity contribution in [3.05, 3.63) is 35.9 Å². The van der Waals surface area contributed by atoms with Crippen molar-refractivity contribution in [1.82, 2.24) is 10.2 Å². The maximum Gasteiger partial charge on any atom is 0.407 e. The van der Waals surface area contributed by atoms with E-state index in [2.05, 4.69) is 24.4 Å². The molecule has 5 heteroatoms. The molecule has 2 N–H and O–H groups in total. The van der Waals surface area contributed by atoms with E-state index in [0.717, 1.165) is 25.9 Å². The Morgan fingerprint density at radius 3 is 2.68 bits per heavy atom. The molecule has 1 amide bonds. The third kappa shape index (κ3) is 3.39. The third-order valence-electron chi connectivity index (χ3n) is 3.80. The van der Waals surface area contributed by atoms with Gasteiger partial charge in [0.15, 0.2) is 0 Å². The zero-order valence-electron chi connectivity index (χ0n) is 11.1. The van der Waals surface area contributed by atoms with Gasteiger partial charge in [-0.15, -0.1) is 12.4 Å². The van der Waals surface area contributed by atoms with Gasteiger partial charge in [0.1, 0.15) is 0 Å². The molecule has 1 aromatic carbocycles. The topological polar surface area (TPSA) is 52.6 Å². The molecule has 1 heterocycles. The first-order valence-electron chi connectivity index (χ1n) is 6.43. The second-order valence-corrected chi connectivity index (χ2v) is 4.85. The molecule has 1 saturated heterocycles. The van der Waals surface area contributed by atoms with Crippen molar-refractivity contribution in [2.24, 2.45) is 0 Å². The van der Waals surface area contributed by atoms with Crippen LogP contribution in [0.25, 0.3) is 0 Å². The number of hydrogen-bond acceptors (Lipinski definition) is 2. The first-order valence-corrected chi connectivity index (χ1v) is 6.43. The summed E-state index contributed by atoms with van der Waals surface area (Å²) >= 11 is 0. The molecule has 0 saturated carbocycles. The summed E-state index contributed by atoms with van der Waals surface area (Å²) in [7, 11) is 0. The second kappa shape index (κ2) is 6.78. The number of nitrogens with one attached hydrogen (secondary N) is 1. The zero-order chi connectivity index (χ0) is 13.0. The summed E-state index contributed by atoms with van der Waals surface area (Å²) < 4.78 is 0. The maximum atomic E-state index is 11.4. The minimum Gasteiger partial charge on any atom is -0.465 e. The van der Waals surface area contributed by atoms with E-state index >= 15 is 0 Å². The lowest BCUT2D eigenvalue weighted by atomic mass is 9.85. The fourth-order valence-corrected chi connectivity index (χ4v) is 2.72. The number of carboxylic acid groups (broad SMARTS) is 1. The number of rotatable bonds is 3. The summed E-state index contributed by atoms with van der Waals surface area (Å²) in [4.78, 5) is 13.0. The van der Waals surface area contributed by atoms with Crippen LogP contribution >= 0.6 is 12.4 Å². The van der Waals surface area contributed by atoms with E-state index in [-0.39, 0.29) is 17.9 Å². The predicted octanol–water partition coefficient (Wildman–Crippen LogP) is 2.38. The number of benzene rings is 1. The van der Waals surface area contributed by atoms with Gasteiger partial charge in [-0.1, -0.05) is 37.3 Å². The number of amides is 1. The predicted molar refractivity (Wildman–Crippen MR) is 78.0 cm³/mol. The van der Waals surface area contributed by atoms with Gasteiger partial charge in [0.05, 0.1) is 5.54 Å². The maximum absolute atomic E-state index is 11.4. The number of carbonyl (C=O) groups is 1. The van der Waals surface area contributed by atoms with Crippen molar-refractivity contribution in [3.63, 3.8) is 0 Å². The van der Waals surface area contributed by atoms with Gasteiger partial charge < -0.3 is 10.4 Å². The van der Waals surface area contributed by atoms with Crippen LogP contribution in [0.15, 0.2) is 30.3 Å². The standard InChI is InChI=1S/C14H20N2O2.ClH/c1-2-14(10-12-6-4-3-5-7-12)11-15-8-9-16(14)13(17)18;/h3-7,15H,2,8-11H2,1H3,(H,17,18);1H. The van der Waals surface area contributed by atoms with Crippen molar-refractivity contribution in [1.29, 1.82) is 0 Å². The molecule has 1 aliphatic heterocycles. The summed E-state index contributed by atoms with van der Waals surface area (Å²) in [5.41, 5.74) is 0.875. The average Bonchev–Trinajstić information content (AvgIpc) is 2.40. The normalized spacial score (nSPS) is 22.7. The molecule has 0 aliphatic carbocycles. The Kier molecular flexibility index (Phi) is 5.63. The van der Waals surface area contributed by atoms with Crippen molar-refractivity contribution in [2.75, 3.05) is 19.6 Å². The second-order valence-electron chi connectivity index (χ2n) is 4.85. The van der Waals surface area contributed by atoms with E-state index in [1.807, 2.05) is 18.2 Å². The summed E-state index contributed by atoms with van der Waals surface area (Å²) in [6.45, 7) is 4.09. The van der Waals surface area contributed by atoms with E-state index in [1.54, 1.807) is 4.90 Å². The fourth-order valence-electron chi connectivity index (χ4n) is 2.72. The van der Waals surface area contributed by atoms with Crippen LogP contribution in [-0.2, 0) is 6.42 Å². The molecule has 106 valence electrons. The highest BCUT2D eigenvalue weighted by atomic mass is 35.5. The summed E-state index contributed by atoms with van der Waals surface area (Å²) in [6, 6.07) is 10.1. The summed E-state index contributed by atoms with van der Waals surface area (Å²) in [6.07, 6.45) is 0.777. The molecule has 1 aliphatic rings. The number of halogens is 1. The Bertz CT molecular complexity index is 413. The lowest BCUT2D eigenvalue weighted by Crippen LogP contribution is -2.63. The zero-order valence-corrected chi connectivity index (χ0v) is 11.9. The van der Waals surface area contributed by atoms with Gasteiger partial charge in [0, 0.05) is 19.6 Å². The molecule has 1 atom stereocenters. The van der Waals surface area contributed by atoms with Crippen LogP contribution < -0.4 is 5.32 Å². The van der Waals surface area contributed by atoms with Gasteiger partial charge in [-0.3, -0.25) is 4.90 Å². The smallest absolute Gasteiger partial charge is 0.407 e. The monoisotopic (exact) mass is 284 g/mol. The van der Waals surface area contributed by atoms with E-state index in [0.29, 0.717) is 6.54 Å². The molecule has 1 fully saturated rings. The van der Waals surface area contributed by atoms with Gasteiger partial charge in [-0.2, -0.15) is 0 Å². The number of nitrogens with zero attached hydrogens (tertiary/aromatic N) is 1.